The lowest BCUT2D eigenvalue weighted by Gasteiger charge is -2.08. The first-order valence-electron chi connectivity index (χ1n) is 4.96. The molecule has 84 valence electrons. The van der Waals surface area contributed by atoms with Crippen LogP contribution in [0.25, 0.3) is 0 Å². The molecular formula is C11H15ClFNO. The molecule has 1 atom stereocenters. The molecule has 15 heavy (non-hydrogen) atoms. The maximum Gasteiger partial charge on any atom is 0.127 e. The van der Waals surface area contributed by atoms with Crippen molar-refractivity contribution in [2.75, 3.05) is 6.54 Å². The molecule has 0 radical (unpaired) electrons. The van der Waals surface area contributed by atoms with E-state index in [9.17, 15) is 9.50 Å². The van der Waals surface area contributed by atoms with Crippen LogP contribution in [0.4, 0.5) is 4.39 Å². The number of hydrogen-bond acceptors (Lipinski definition) is 2. The Balaban J connectivity index is 2.50. The Morgan fingerprint density at radius 2 is 2.20 bits per heavy atom. The van der Waals surface area contributed by atoms with Crippen LogP contribution in [0.3, 0.4) is 0 Å². The zero-order valence-corrected chi connectivity index (χ0v) is 9.17. The van der Waals surface area contributed by atoms with E-state index < -0.39 is 6.10 Å². The standard InChI is InChI=1S/C11H15ClFNO/c12-10-5-2-6-11(13)9(10)4-1-3-8(15)7-14/h2,5-6,8,15H,1,3-4,7,14H2. The normalized spacial score (nSPS) is 12.8. The van der Waals surface area contributed by atoms with Gasteiger partial charge in [-0.3, -0.25) is 0 Å². The topological polar surface area (TPSA) is 46.2 Å². The van der Waals surface area contributed by atoms with E-state index in [0.29, 0.717) is 29.8 Å². The first-order chi connectivity index (χ1) is 7.15. The number of rotatable bonds is 5. The van der Waals surface area contributed by atoms with Gasteiger partial charge in [-0.2, -0.15) is 0 Å². The Bertz CT molecular complexity index is 299. The molecule has 0 amide bonds. The van der Waals surface area contributed by atoms with Gasteiger partial charge in [0, 0.05) is 17.1 Å². The first kappa shape index (κ1) is 12.4. The van der Waals surface area contributed by atoms with Crippen LogP contribution in [0, 0.1) is 5.82 Å². The van der Waals surface area contributed by atoms with E-state index in [1.54, 1.807) is 12.1 Å². The Kier molecular flexibility index (Phi) is 5.02. The van der Waals surface area contributed by atoms with Crippen molar-refractivity contribution < 1.29 is 9.50 Å². The number of benzene rings is 1. The van der Waals surface area contributed by atoms with Crippen LogP contribution in [0.2, 0.25) is 5.02 Å². The molecule has 3 N–H and O–H groups in total. The first-order valence-corrected chi connectivity index (χ1v) is 5.34. The van der Waals surface area contributed by atoms with Gasteiger partial charge in [-0.15, -0.1) is 0 Å². The quantitative estimate of drug-likeness (QED) is 0.816. The van der Waals surface area contributed by atoms with E-state index in [2.05, 4.69) is 0 Å². The third kappa shape index (κ3) is 3.78. The molecule has 0 aliphatic carbocycles. The lowest BCUT2D eigenvalue weighted by atomic mass is 10.1. The van der Waals surface area contributed by atoms with Crippen molar-refractivity contribution in [3.05, 3.63) is 34.6 Å². The van der Waals surface area contributed by atoms with Gasteiger partial charge in [0.1, 0.15) is 5.82 Å². The van der Waals surface area contributed by atoms with Crippen LogP contribution >= 0.6 is 11.6 Å². The average Bonchev–Trinajstić information content (AvgIpc) is 2.22. The summed E-state index contributed by atoms with van der Waals surface area (Å²) in [6.07, 6.45) is 1.28. The molecule has 0 fully saturated rings. The predicted molar refractivity (Wildman–Crippen MR) is 59.4 cm³/mol. The van der Waals surface area contributed by atoms with Gasteiger partial charge in [-0.25, -0.2) is 4.39 Å². The van der Waals surface area contributed by atoms with Crippen molar-refractivity contribution >= 4 is 11.6 Å². The number of hydrogen-bond donors (Lipinski definition) is 2. The van der Waals surface area contributed by atoms with Gasteiger partial charge < -0.3 is 10.8 Å². The Morgan fingerprint density at radius 1 is 1.47 bits per heavy atom. The van der Waals surface area contributed by atoms with Crippen molar-refractivity contribution in [2.24, 2.45) is 5.73 Å². The zero-order valence-electron chi connectivity index (χ0n) is 8.42. The number of halogens is 2. The summed E-state index contributed by atoms with van der Waals surface area (Å²) in [6, 6.07) is 4.63. The molecule has 4 heteroatoms. The molecule has 0 aliphatic heterocycles. The lowest BCUT2D eigenvalue weighted by molar-refractivity contribution is 0.170. The van der Waals surface area contributed by atoms with E-state index in [1.807, 2.05) is 0 Å². The Hall–Kier alpha value is -0.640. The van der Waals surface area contributed by atoms with E-state index >= 15 is 0 Å². The van der Waals surface area contributed by atoms with Gasteiger partial charge in [-0.05, 0) is 31.4 Å². The van der Waals surface area contributed by atoms with Gasteiger partial charge in [0.2, 0.25) is 0 Å². The fraction of sp³-hybridized carbons (Fsp3) is 0.455. The summed E-state index contributed by atoms with van der Waals surface area (Å²) in [5.41, 5.74) is 5.78. The summed E-state index contributed by atoms with van der Waals surface area (Å²) in [5.74, 6) is -0.287. The van der Waals surface area contributed by atoms with Crippen molar-refractivity contribution in [1.82, 2.24) is 0 Å². The molecule has 1 unspecified atom stereocenters. The minimum absolute atomic E-state index is 0.241. The van der Waals surface area contributed by atoms with Gasteiger partial charge >= 0.3 is 0 Å². The summed E-state index contributed by atoms with van der Waals surface area (Å²) in [5, 5.41) is 9.66. The lowest BCUT2D eigenvalue weighted by Crippen LogP contribution is -2.19. The van der Waals surface area contributed by atoms with Gasteiger partial charge in [0.25, 0.3) is 0 Å². The van der Waals surface area contributed by atoms with E-state index in [0.717, 1.165) is 0 Å². The molecule has 1 aromatic rings. The van der Waals surface area contributed by atoms with Crippen molar-refractivity contribution in [2.45, 2.75) is 25.4 Å². The summed E-state index contributed by atoms with van der Waals surface area (Å²) in [7, 11) is 0. The van der Waals surface area contributed by atoms with Gasteiger partial charge in [-0.1, -0.05) is 17.7 Å². The summed E-state index contributed by atoms with van der Waals surface area (Å²) < 4.78 is 13.3. The highest BCUT2D eigenvalue weighted by atomic mass is 35.5. The fourth-order valence-electron chi connectivity index (χ4n) is 1.40. The van der Waals surface area contributed by atoms with Crippen LogP contribution in [-0.4, -0.2) is 17.8 Å². The van der Waals surface area contributed by atoms with Crippen LogP contribution < -0.4 is 5.73 Å². The Labute approximate surface area is 93.9 Å². The molecule has 0 aromatic heterocycles. The highest BCUT2D eigenvalue weighted by molar-refractivity contribution is 6.31. The molecule has 2 nitrogen and oxygen atoms in total. The van der Waals surface area contributed by atoms with Gasteiger partial charge in [0.15, 0.2) is 0 Å². The van der Waals surface area contributed by atoms with Crippen LogP contribution in [0.15, 0.2) is 18.2 Å². The number of aliphatic hydroxyl groups excluding tert-OH is 1. The van der Waals surface area contributed by atoms with Crippen LogP contribution in [-0.2, 0) is 6.42 Å². The molecule has 0 aliphatic rings. The molecule has 1 aromatic carbocycles. The molecule has 0 saturated carbocycles. The maximum absolute atomic E-state index is 13.3. The monoisotopic (exact) mass is 231 g/mol. The fourth-order valence-corrected chi connectivity index (χ4v) is 1.66. The summed E-state index contributed by atoms with van der Waals surface area (Å²) in [4.78, 5) is 0. The largest absolute Gasteiger partial charge is 0.392 e. The molecule has 0 bridgehead atoms. The average molecular weight is 232 g/mol. The third-order valence-corrected chi connectivity index (χ3v) is 2.65. The second kappa shape index (κ2) is 6.05. The minimum Gasteiger partial charge on any atom is -0.392 e. The summed E-state index contributed by atoms with van der Waals surface area (Å²) >= 11 is 5.85. The molecule has 0 saturated heterocycles. The molecule has 0 spiro atoms. The second-order valence-electron chi connectivity index (χ2n) is 3.48. The van der Waals surface area contributed by atoms with E-state index in [-0.39, 0.29) is 12.4 Å². The maximum atomic E-state index is 13.3. The van der Waals surface area contributed by atoms with Crippen LogP contribution in [0.1, 0.15) is 18.4 Å². The van der Waals surface area contributed by atoms with Crippen molar-refractivity contribution in [3.63, 3.8) is 0 Å². The van der Waals surface area contributed by atoms with E-state index in [1.165, 1.54) is 6.07 Å². The zero-order chi connectivity index (χ0) is 11.3. The highest BCUT2D eigenvalue weighted by Crippen LogP contribution is 2.21. The SMILES string of the molecule is NCC(O)CCCc1c(F)cccc1Cl. The third-order valence-electron chi connectivity index (χ3n) is 2.30. The number of aliphatic hydroxyl groups is 1. The van der Waals surface area contributed by atoms with Crippen LogP contribution in [0.5, 0.6) is 0 Å². The molecule has 1 rings (SSSR count). The summed E-state index contributed by atoms with van der Waals surface area (Å²) in [6.45, 7) is 0.241. The number of nitrogens with two attached hydrogens (primary N) is 1. The predicted octanol–water partition coefficient (Wildman–Crippen LogP) is 2.12. The molecular weight excluding hydrogens is 217 g/mol. The Morgan fingerprint density at radius 3 is 2.80 bits per heavy atom. The highest BCUT2D eigenvalue weighted by Gasteiger charge is 2.07. The van der Waals surface area contributed by atoms with Crippen molar-refractivity contribution in [1.29, 1.82) is 0 Å². The minimum atomic E-state index is -0.504. The van der Waals surface area contributed by atoms with E-state index in [4.69, 9.17) is 17.3 Å². The van der Waals surface area contributed by atoms with Crippen molar-refractivity contribution in [3.8, 4) is 0 Å². The second-order valence-corrected chi connectivity index (χ2v) is 3.89. The van der Waals surface area contributed by atoms with Gasteiger partial charge in [0.05, 0.1) is 6.10 Å². The smallest absolute Gasteiger partial charge is 0.127 e. The molecule has 0 heterocycles.